The van der Waals surface area contributed by atoms with Crippen LogP contribution in [0.4, 0.5) is 13.2 Å². The van der Waals surface area contributed by atoms with Crippen LogP contribution in [0.1, 0.15) is 27.7 Å². The molecule has 16 heteroatoms. The minimum absolute atomic E-state index is 0.216. The van der Waals surface area contributed by atoms with Crippen molar-refractivity contribution in [3.8, 4) is 0 Å². The topological polar surface area (TPSA) is 199 Å². The molecule has 178 valence electrons. The van der Waals surface area contributed by atoms with Crippen molar-refractivity contribution in [2.24, 2.45) is 0 Å². The first kappa shape index (κ1) is 28.7. The summed E-state index contributed by atoms with van der Waals surface area (Å²) < 4.78 is 70.8. The van der Waals surface area contributed by atoms with E-state index in [1.165, 1.54) is 0 Å². The van der Waals surface area contributed by atoms with Crippen molar-refractivity contribution < 1.29 is 69.8 Å². The van der Waals surface area contributed by atoms with Gasteiger partial charge in [0, 0.05) is 13.8 Å². The largest absolute Gasteiger partial charge is 0.523 e. The molecule has 3 N–H and O–H groups in total. The molecule has 0 aromatic heterocycles. The number of Topliss-reactive ketones (excluding diaryl/α,β-unsaturated/α-hetero) is 4. The molecule has 0 aliphatic rings. The maximum Gasteiger partial charge on any atom is 0.523 e. The van der Waals surface area contributed by atoms with Gasteiger partial charge in [0.15, 0.2) is 17.3 Å². The fourth-order valence-electron chi connectivity index (χ4n) is 2.67. The molecule has 12 nitrogen and oxygen atoms in total. The number of alkyl halides is 3. The summed E-state index contributed by atoms with van der Waals surface area (Å²) in [6.45, 7) is -0.171. The fraction of sp³-hybridized carbons (Fsp3) is 0.667. The Kier molecular flexibility index (Phi) is 8.78. The van der Waals surface area contributed by atoms with E-state index < -0.39 is 74.7 Å². The van der Waals surface area contributed by atoms with Gasteiger partial charge in [0.1, 0.15) is 12.2 Å². The molecule has 0 saturated heterocycles. The summed E-state index contributed by atoms with van der Waals surface area (Å²) in [4.78, 5) is 60.9. The number of aliphatic hydroxyl groups excluding tert-OH is 3. The van der Waals surface area contributed by atoms with Crippen molar-refractivity contribution in [1.82, 2.24) is 0 Å². The number of carbonyl (C=O) groups is 5. The summed E-state index contributed by atoms with van der Waals surface area (Å²) in [5.74, 6) is -9.67. The van der Waals surface area contributed by atoms with Gasteiger partial charge in [0.25, 0.3) is 11.4 Å². The van der Waals surface area contributed by atoms with Crippen LogP contribution in [-0.2, 0) is 43.0 Å². The fourth-order valence-corrected chi connectivity index (χ4v) is 3.44. The number of rotatable bonds is 11. The summed E-state index contributed by atoms with van der Waals surface area (Å²) in [5.41, 5.74) is -14.8. The number of hydrogen-bond acceptors (Lipinski definition) is 12. The van der Waals surface area contributed by atoms with E-state index >= 15 is 0 Å². The molecule has 0 aliphatic carbocycles. The lowest BCUT2D eigenvalue weighted by molar-refractivity contribution is -0.220. The van der Waals surface area contributed by atoms with Crippen molar-refractivity contribution in [3.05, 3.63) is 0 Å². The maximum absolute atomic E-state index is 13.0. The maximum atomic E-state index is 13.0. The van der Waals surface area contributed by atoms with Crippen LogP contribution >= 0.6 is 0 Å². The SMILES string of the molecule is CC(=O)O[C@](C(C)=O)(C(=O)C(C)=O)[C@](OS(=O)(=O)C(F)(F)F)(C(C)=O)[C@H](O)[C@H](O)CO. The monoisotopic (exact) mass is 480 g/mol. The van der Waals surface area contributed by atoms with E-state index in [2.05, 4.69) is 8.92 Å². The molecule has 0 rings (SSSR count). The normalized spacial score (nSPS) is 18.1. The lowest BCUT2D eigenvalue weighted by atomic mass is 9.69. The summed E-state index contributed by atoms with van der Waals surface area (Å²) in [6, 6.07) is 0. The van der Waals surface area contributed by atoms with Gasteiger partial charge in [-0.2, -0.15) is 21.6 Å². The second kappa shape index (κ2) is 9.47. The van der Waals surface area contributed by atoms with Crippen LogP contribution in [0.2, 0.25) is 0 Å². The van der Waals surface area contributed by atoms with Gasteiger partial charge in [-0.05, 0) is 13.8 Å². The number of hydrogen-bond donors (Lipinski definition) is 3. The van der Waals surface area contributed by atoms with Crippen LogP contribution in [0, 0.1) is 0 Å². The Hall–Kier alpha value is -2.27. The zero-order valence-corrected chi connectivity index (χ0v) is 17.2. The van der Waals surface area contributed by atoms with E-state index in [-0.39, 0.29) is 6.92 Å². The molecule has 0 unspecified atom stereocenters. The lowest BCUT2D eigenvalue weighted by Crippen LogP contribution is -2.77. The van der Waals surface area contributed by atoms with E-state index in [1.54, 1.807) is 0 Å². The molecule has 4 atom stereocenters. The van der Waals surface area contributed by atoms with E-state index in [9.17, 15) is 55.8 Å². The van der Waals surface area contributed by atoms with Crippen LogP contribution in [0.15, 0.2) is 0 Å². The predicted octanol–water partition coefficient (Wildman–Crippen LogP) is -2.06. The average Bonchev–Trinajstić information content (AvgIpc) is 2.60. The smallest absolute Gasteiger partial charge is 0.439 e. The summed E-state index contributed by atoms with van der Waals surface area (Å²) in [5, 5.41) is 29.2. The zero-order chi connectivity index (χ0) is 25.2. The third-order valence-corrected chi connectivity index (χ3v) is 5.02. The van der Waals surface area contributed by atoms with Crippen LogP contribution < -0.4 is 0 Å². The number of ether oxygens (including phenoxy) is 1. The van der Waals surface area contributed by atoms with Gasteiger partial charge >= 0.3 is 21.6 Å². The number of ketones is 4. The van der Waals surface area contributed by atoms with E-state index in [0.29, 0.717) is 20.8 Å². The Labute approximate surface area is 173 Å². The molecule has 0 aliphatic heterocycles. The minimum atomic E-state index is -6.98. The Morgan fingerprint density at radius 3 is 1.65 bits per heavy atom. The zero-order valence-electron chi connectivity index (χ0n) is 16.4. The summed E-state index contributed by atoms with van der Waals surface area (Å²) in [6.07, 6.45) is -6.06. The molecular formula is C15H19F3O12S. The molecule has 0 saturated carbocycles. The van der Waals surface area contributed by atoms with E-state index in [1.807, 2.05) is 0 Å². The number of carbonyl (C=O) groups excluding carboxylic acids is 5. The van der Waals surface area contributed by atoms with Gasteiger partial charge in [-0.25, -0.2) is 4.18 Å². The minimum Gasteiger partial charge on any atom is -0.439 e. The highest BCUT2D eigenvalue weighted by atomic mass is 32.2. The highest BCUT2D eigenvalue weighted by molar-refractivity contribution is 7.87. The molecule has 0 fully saturated rings. The van der Waals surface area contributed by atoms with Gasteiger partial charge in [-0.1, -0.05) is 0 Å². The highest BCUT2D eigenvalue weighted by Gasteiger charge is 2.75. The molecular weight excluding hydrogens is 461 g/mol. The quantitative estimate of drug-likeness (QED) is 0.0962. The van der Waals surface area contributed by atoms with Crippen LogP contribution in [0.25, 0.3) is 0 Å². The molecule has 0 aromatic carbocycles. The van der Waals surface area contributed by atoms with Crippen molar-refractivity contribution in [2.75, 3.05) is 6.61 Å². The number of halogens is 3. The molecule has 0 heterocycles. The standard InChI is InChI=1S/C15H19F3O12S/c1-6(20)11(25)13(7(2)21,29-9(4)23)14(8(3)22,12(26)10(24)5-19)30-31(27,28)15(16,17)18/h10,12,19,24,26H,5H2,1-4H3/t10-,12-,13-,14+/m1/s1. The molecule has 0 spiro atoms. The Bertz CT molecular complexity index is 880. The first-order valence-corrected chi connectivity index (χ1v) is 9.43. The van der Waals surface area contributed by atoms with E-state index in [0.717, 1.165) is 0 Å². The van der Waals surface area contributed by atoms with Crippen molar-refractivity contribution in [3.63, 3.8) is 0 Å². The highest BCUT2D eigenvalue weighted by Crippen LogP contribution is 2.42. The van der Waals surface area contributed by atoms with Crippen LogP contribution in [-0.4, -0.2) is 88.4 Å². The first-order valence-electron chi connectivity index (χ1n) is 8.02. The second-order valence-corrected chi connectivity index (χ2v) is 7.72. The van der Waals surface area contributed by atoms with Crippen molar-refractivity contribution >= 4 is 39.2 Å². The Morgan fingerprint density at radius 1 is 0.935 bits per heavy atom. The average molecular weight is 480 g/mol. The number of esters is 1. The second-order valence-electron chi connectivity index (χ2n) is 6.19. The van der Waals surface area contributed by atoms with E-state index in [4.69, 9.17) is 5.11 Å². The summed E-state index contributed by atoms with van der Waals surface area (Å²) in [7, 11) is -6.98. The molecule has 0 radical (unpaired) electrons. The first-order chi connectivity index (χ1) is 13.8. The van der Waals surface area contributed by atoms with Gasteiger partial charge in [-0.3, -0.25) is 24.0 Å². The molecule has 0 amide bonds. The predicted molar refractivity (Wildman–Crippen MR) is 89.4 cm³/mol. The van der Waals surface area contributed by atoms with Gasteiger partial charge in [0.2, 0.25) is 5.60 Å². The summed E-state index contributed by atoms with van der Waals surface area (Å²) >= 11 is 0. The van der Waals surface area contributed by atoms with Gasteiger partial charge < -0.3 is 20.1 Å². The van der Waals surface area contributed by atoms with Gasteiger partial charge in [0.05, 0.1) is 6.61 Å². The lowest BCUT2D eigenvalue weighted by Gasteiger charge is -2.46. The molecule has 31 heavy (non-hydrogen) atoms. The number of aliphatic hydroxyl groups is 3. The van der Waals surface area contributed by atoms with Gasteiger partial charge in [-0.15, -0.1) is 0 Å². The van der Waals surface area contributed by atoms with Crippen molar-refractivity contribution in [2.45, 2.75) is 56.6 Å². The third kappa shape index (κ3) is 4.98. The Balaban J connectivity index is 7.86. The molecule has 0 bridgehead atoms. The molecule has 0 aromatic rings. The van der Waals surface area contributed by atoms with Crippen LogP contribution in [0.3, 0.4) is 0 Å². The van der Waals surface area contributed by atoms with Crippen LogP contribution in [0.5, 0.6) is 0 Å². The third-order valence-electron chi connectivity index (χ3n) is 3.97. The Morgan fingerprint density at radius 2 is 1.39 bits per heavy atom. The van der Waals surface area contributed by atoms with Crippen molar-refractivity contribution in [1.29, 1.82) is 0 Å².